The third-order valence-electron chi connectivity index (χ3n) is 3.12. The van der Waals surface area contributed by atoms with Crippen LogP contribution in [0, 0.1) is 11.6 Å². The molecule has 0 radical (unpaired) electrons. The quantitative estimate of drug-likeness (QED) is 0.684. The van der Waals surface area contributed by atoms with E-state index in [1.165, 1.54) is 6.07 Å². The number of sulfonamides is 1. The van der Waals surface area contributed by atoms with Crippen LogP contribution in [0.5, 0.6) is 0 Å². The first kappa shape index (κ1) is 23.0. The van der Waals surface area contributed by atoms with Crippen LogP contribution in [0.15, 0.2) is 33.8 Å². The van der Waals surface area contributed by atoms with Gasteiger partial charge in [-0.2, -0.15) is 0 Å². The lowest BCUT2D eigenvalue weighted by Crippen LogP contribution is -2.40. The second-order valence-corrected chi connectivity index (χ2v) is 8.23. The fourth-order valence-electron chi connectivity index (χ4n) is 2.09. The zero-order valence-electron chi connectivity index (χ0n) is 14.8. The number of rotatable bonds is 5. The number of hydrogen-bond donors (Lipinski definition) is 3. The van der Waals surface area contributed by atoms with Gasteiger partial charge in [-0.1, -0.05) is 0 Å². The van der Waals surface area contributed by atoms with Gasteiger partial charge in [-0.3, -0.25) is 4.79 Å². The summed E-state index contributed by atoms with van der Waals surface area (Å²) in [7, 11) is -4.27. The molecule has 0 bridgehead atoms. The van der Waals surface area contributed by atoms with Gasteiger partial charge in [0.2, 0.25) is 10.0 Å². The summed E-state index contributed by atoms with van der Waals surface area (Å²) in [4.78, 5) is 11.4. The lowest BCUT2D eigenvalue weighted by atomic mass is 10.1. The topological polar surface area (TPSA) is 114 Å². The number of furan rings is 1. The average molecular weight is 424 g/mol. The molecule has 0 saturated heterocycles. The Morgan fingerprint density at radius 2 is 1.81 bits per heavy atom. The van der Waals surface area contributed by atoms with Gasteiger partial charge in [-0.05, 0) is 32.9 Å². The molecule has 0 spiro atoms. The number of hydrogen-bond acceptors (Lipinski definition) is 5. The molecular formula is C16H20ClF2N3O4S. The number of amides is 1. The van der Waals surface area contributed by atoms with Crippen LogP contribution in [-0.4, -0.2) is 19.9 Å². The fraction of sp³-hybridized carbons (Fsp3) is 0.312. The fourth-order valence-corrected chi connectivity index (χ4v) is 3.59. The molecule has 11 heteroatoms. The summed E-state index contributed by atoms with van der Waals surface area (Å²) < 4.78 is 59.9. The highest BCUT2D eigenvalue weighted by Crippen LogP contribution is 2.25. The number of nitrogens with two attached hydrogens (primary N) is 1. The normalized spacial score (nSPS) is 11.8. The minimum Gasteiger partial charge on any atom is -0.467 e. The summed E-state index contributed by atoms with van der Waals surface area (Å²) >= 11 is 0. The van der Waals surface area contributed by atoms with Crippen LogP contribution in [0.25, 0.3) is 0 Å². The molecule has 2 rings (SSSR count). The van der Waals surface area contributed by atoms with Gasteiger partial charge in [0.05, 0.1) is 17.8 Å². The van der Waals surface area contributed by atoms with Gasteiger partial charge >= 0.3 is 0 Å². The minimum absolute atomic E-state index is 0. The van der Waals surface area contributed by atoms with Crippen LogP contribution in [0.4, 0.5) is 14.5 Å². The van der Waals surface area contributed by atoms with E-state index in [-0.39, 0.29) is 24.5 Å². The molecule has 1 aromatic carbocycles. The van der Waals surface area contributed by atoms with Crippen LogP contribution in [-0.2, 0) is 16.6 Å². The van der Waals surface area contributed by atoms with Crippen LogP contribution < -0.4 is 15.8 Å². The maximum absolute atomic E-state index is 14.0. The molecule has 1 amide bonds. The van der Waals surface area contributed by atoms with Crippen molar-refractivity contribution in [2.24, 2.45) is 5.73 Å². The summed E-state index contributed by atoms with van der Waals surface area (Å²) in [6.45, 7) is 4.78. The highest BCUT2D eigenvalue weighted by molar-refractivity contribution is 7.89. The molecule has 7 nitrogen and oxygen atoms in total. The monoisotopic (exact) mass is 423 g/mol. The van der Waals surface area contributed by atoms with Crippen molar-refractivity contribution < 1.29 is 26.4 Å². The molecule has 0 fully saturated rings. The maximum Gasteiger partial charge on any atom is 0.259 e. The van der Waals surface area contributed by atoms with E-state index in [2.05, 4.69) is 10.0 Å². The second kappa shape index (κ2) is 8.34. The van der Waals surface area contributed by atoms with Crippen LogP contribution in [0.3, 0.4) is 0 Å². The summed E-state index contributed by atoms with van der Waals surface area (Å²) in [5.41, 5.74) is 4.07. The molecular weight excluding hydrogens is 404 g/mol. The van der Waals surface area contributed by atoms with E-state index in [4.69, 9.17) is 10.2 Å². The Bertz CT molecular complexity index is 940. The van der Waals surface area contributed by atoms with Crippen LogP contribution >= 0.6 is 12.4 Å². The Morgan fingerprint density at radius 1 is 1.19 bits per heavy atom. The molecule has 0 atom stereocenters. The Labute approximate surface area is 161 Å². The van der Waals surface area contributed by atoms with E-state index in [9.17, 15) is 22.0 Å². The number of carbonyl (C=O) groups is 1. The Kier molecular flexibility index (Phi) is 7.11. The first-order valence-electron chi connectivity index (χ1n) is 7.55. The van der Waals surface area contributed by atoms with Crippen LogP contribution in [0.2, 0.25) is 0 Å². The SMILES string of the molecule is CC(C)(C)NS(=O)(=O)c1cc(NC(=O)c2coc(CN)c2)c(F)cc1F.Cl. The maximum atomic E-state index is 14.0. The molecule has 0 aliphatic rings. The van der Waals surface area contributed by atoms with Gasteiger partial charge < -0.3 is 15.5 Å². The minimum atomic E-state index is -4.27. The third kappa shape index (κ3) is 5.73. The average Bonchev–Trinajstić information content (AvgIpc) is 2.96. The molecule has 1 heterocycles. The highest BCUT2D eigenvalue weighted by Gasteiger charge is 2.27. The van der Waals surface area contributed by atoms with E-state index < -0.39 is 43.7 Å². The van der Waals surface area contributed by atoms with Crippen LogP contribution in [0.1, 0.15) is 36.9 Å². The van der Waals surface area contributed by atoms with Crippen molar-refractivity contribution in [3.05, 3.63) is 47.4 Å². The molecule has 0 aliphatic heterocycles. The number of nitrogens with one attached hydrogen (secondary N) is 2. The number of anilines is 1. The van der Waals surface area contributed by atoms with Gasteiger partial charge in [0.15, 0.2) is 0 Å². The van der Waals surface area contributed by atoms with Gasteiger partial charge in [-0.25, -0.2) is 21.9 Å². The predicted octanol–water partition coefficient (Wildman–Crippen LogP) is 2.77. The van der Waals surface area contributed by atoms with Gasteiger partial charge in [0, 0.05) is 11.6 Å². The Balaban J connectivity index is 0.00000364. The van der Waals surface area contributed by atoms with Crippen molar-refractivity contribution in [2.45, 2.75) is 37.8 Å². The van der Waals surface area contributed by atoms with E-state index in [1.807, 2.05) is 0 Å². The van der Waals surface area contributed by atoms with Gasteiger partial charge in [-0.15, -0.1) is 12.4 Å². The number of carbonyl (C=O) groups excluding carboxylic acids is 1. The summed E-state index contributed by atoms with van der Waals surface area (Å²) in [6.07, 6.45) is 1.12. The van der Waals surface area contributed by atoms with E-state index in [0.29, 0.717) is 11.8 Å². The largest absolute Gasteiger partial charge is 0.467 e. The zero-order chi connectivity index (χ0) is 19.7. The first-order valence-corrected chi connectivity index (χ1v) is 9.03. The molecule has 2 aromatic rings. The highest BCUT2D eigenvalue weighted by atomic mass is 35.5. The molecule has 0 saturated carbocycles. The van der Waals surface area contributed by atoms with Crippen molar-refractivity contribution >= 4 is 34.0 Å². The smallest absolute Gasteiger partial charge is 0.259 e. The van der Waals surface area contributed by atoms with E-state index in [0.717, 1.165) is 12.3 Å². The Hall–Kier alpha value is -2.01. The van der Waals surface area contributed by atoms with Crippen molar-refractivity contribution in [2.75, 3.05) is 5.32 Å². The zero-order valence-corrected chi connectivity index (χ0v) is 16.4. The first-order chi connectivity index (χ1) is 11.9. The lowest BCUT2D eigenvalue weighted by molar-refractivity contribution is 0.102. The van der Waals surface area contributed by atoms with Crippen molar-refractivity contribution in [1.82, 2.24) is 4.72 Å². The molecule has 150 valence electrons. The Morgan fingerprint density at radius 3 is 2.33 bits per heavy atom. The second-order valence-electron chi connectivity index (χ2n) is 6.58. The number of benzene rings is 1. The third-order valence-corrected chi connectivity index (χ3v) is 4.89. The van der Waals surface area contributed by atoms with Crippen molar-refractivity contribution in [3.63, 3.8) is 0 Å². The number of halogens is 3. The summed E-state index contributed by atoms with van der Waals surface area (Å²) in [5.74, 6) is -2.81. The molecule has 27 heavy (non-hydrogen) atoms. The molecule has 0 aliphatic carbocycles. The lowest BCUT2D eigenvalue weighted by Gasteiger charge is -2.21. The summed E-state index contributed by atoms with van der Waals surface area (Å²) in [5, 5.41) is 2.19. The molecule has 4 N–H and O–H groups in total. The standard InChI is InChI=1S/C16H19F2N3O4S.ClH/c1-16(2,3)21-26(23,24)14-6-13(11(17)5-12(14)18)20-15(22)9-4-10(7-19)25-8-9;/h4-6,8,21H,7,19H2,1-3H3,(H,20,22);1H. The van der Waals surface area contributed by atoms with Crippen molar-refractivity contribution in [3.8, 4) is 0 Å². The van der Waals surface area contributed by atoms with Crippen molar-refractivity contribution in [1.29, 1.82) is 0 Å². The predicted molar refractivity (Wildman–Crippen MR) is 98.2 cm³/mol. The van der Waals surface area contributed by atoms with Gasteiger partial charge in [0.1, 0.15) is 28.6 Å². The summed E-state index contributed by atoms with van der Waals surface area (Å²) in [6, 6.07) is 2.48. The van der Waals surface area contributed by atoms with E-state index >= 15 is 0 Å². The van der Waals surface area contributed by atoms with Gasteiger partial charge in [0.25, 0.3) is 5.91 Å². The van der Waals surface area contributed by atoms with E-state index in [1.54, 1.807) is 20.8 Å². The molecule has 0 unspecified atom stereocenters. The molecule has 1 aromatic heterocycles.